The topological polar surface area (TPSA) is 35.6 Å². The van der Waals surface area contributed by atoms with E-state index < -0.39 is 0 Å². The molecule has 0 spiro atoms. The zero-order valence-electron chi connectivity index (χ0n) is 26.3. The second-order valence-electron chi connectivity index (χ2n) is 12.4. The molecule has 10 aromatic rings. The second-order valence-corrected chi connectivity index (χ2v) is 12.8. The first kappa shape index (κ1) is 27.8. The van der Waals surface area contributed by atoms with Crippen LogP contribution >= 0.6 is 11.6 Å². The fraction of sp³-hybridized carbons (Fsp3) is 0. The molecule has 0 amide bonds. The Bertz CT molecular complexity index is 2770. The standard InChI is InChI=1S/C44H27ClN4/c45-44-27-46-38-25-36(28-17-21-30(22-18-28)48-40-13-5-1-9-32(40)33-10-2-6-14-41(33)48)37(26-39(38)47-44)29-19-23-31(24-20-29)49-42-15-7-3-11-34(42)35-12-4-8-16-43(35)49/h1-27H. The van der Waals surface area contributed by atoms with Crippen LogP contribution in [0.4, 0.5) is 0 Å². The third-order valence-electron chi connectivity index (χ3n) is 9.69. The lowest BCUT2D eigenvalue weighted by Gasteiger charge is -2.15. The predicted octanol–water partition coefficient (Wildman–Crippen LogP) is 11.8. The van der Waals surface area contributed by atoms with Crippen molar-refractivity contribution >= 4 is 66.2 Å². The number of aromatic nitrogens is 4. The van der Waals surface area contributed by atoms with Gasteiger partial charge >= 0.3 is 0 Å². The maximum atomic E-state index is 6.32. The van der Waals surface area contributed by atoms with Gasteiger partial charge in [0.05, 0.1) is 39.3 Å². The number of benzene rings is 7. The fourth-order valence-corrected chi connectivity index (χ4v) is 7.64. The molecule has 0 atom stereocenters. The molecule has 49 heavy (non-hydrogen) atoms. The molecule has 0 bridgehead atoms. The first-order valence-corrected chi connectivity index (χ1v) is 16.7. The molecule has 0 saturated heterocycles. The average molecular weight is 647 g/mol. The highest BCUT2D eigenvalue weighted by Gasteiger charge is 2.16. The van der Waals surface area contributed by atoms with Gasteiger partial charge in [-0.05, 0) is 82.9 Å². The lowest BCUT2D eigenvalue weighted by atomic mass is 9.93. The van der Waals surface area contributed by atoms with E-state index in [4.69, 9.17) is 11.6 Å². The van der Waals surface area contributed by atoms with E-state index in [9.17, 15) is 0 Å². The van der Waals surface area contributed by atoms with Crippen molar-refractivity contribution in [3.8, 4) is 33.6 Å². The molecule has 0 fully saturated rings. The number of fused-ring (bicyclic) bond motifs is 7. The van der Waals surface area contributed by atoms with Gasteiger partial charge in [0.1, 0.15) is 5.15 Å². The molecule has 230 valence electrons. The number of para-hydroxylation sites is 4. The van der Waals surface area contributed by atoms with E-state index >= 15 is 0 Å². The largest absolute Gasteiger partial charge is 0.309 e. The lowest BCUT2D eigenvalue weighted by Crippen LogP contribution is -1.95. The third kappa shape index (κ3) is 4.38. The number of rotatable bonds is 4. The van der Waals surface area contributed by atoms with Crippen molar-refractivity contribution in [3.05, 3.63) is 169 Å². The minimum Gasteiger partial charge on any atom is -0.309 e. The number of nitrogens with zero attached hydrogens (tertiary/aromatic N) is 4. The maximum Gasteiger partial charge on any atom is 0.148 e. The Morgan fingerprint density at radius 2 is 0.776 bits per heavy atom. The lowest BCUT2D eigenvalue weighted by molar-refractivity contribution is 1.18. The van der Waals surface area contributed by atoms with Gasteiger partial charge in [-0.15, -0.1) is 0 Å². The molecule has 3 heterocycles. The first-order valence-electron chi connectivity index (χ1n) is 16.4. The van der Waals surface area contributed by atoms with Crippen LogP contribution in [0.1, 0.15) is 0 Å². The number of hydrogen-bond acceptors (Lipinski definition) is 2. The number of hydrogen-bond donors (Lipinski definition) is 0. The molecule has 0 N–H and O–H groups in total. The normalized spacial score (nSPS) is 11.8. The Hall–Kier alpha value is -6.23. The van der Waals surface area contributed by atoms with E-state index in [1.807, 2.05) is 0 Å². The van der Waals surface area contributed by atoms with Crippen molar-refractivity contribution < 1.29 is 0 Å². The molecule has 0 radical (unpaired) electrons. The zero-order chi connectivity index (χ0) is 32.5. The monoisotopic (exact) mass is 646 g/mol. The van der Waals surface area contributed by atoms with Crippen molar-refractivity contribution in [2.75, 3.05) is 0 Å². The minimum absolute atomic E-state index is 0.378. The molecular formula is C44H27ClN4. The van der Waals surface area contributed by atoms with Crippen LogP contribution in [0.5, 0.6) is 0 Å². The predicted molar refractivity (Wildman–Crippen MR) is 204 cm³/mol. The van der Waals surface area contributed by atoms with Gasteiger partial charge in [0.25, 0.3) is 0 Å². The summed E-state index contributed by atoms with van der Waals surface area (Å²) in [6, 6.07) is 56.3. The SMILES string of the molecule is Clc1cnc2cc(-c3ccc(-n4c5ccccc5c5ccccc54)cc3)c(-c3ccc(-n4c5ccccc5c5ccccc54)cc3)cc2n1. The molecular weight excluding hydrogens is 620 g/mol. The van der Waals surface area contributed by atoms with Crippen LogP contribution in [0.15, 0.2) is 164 Å². The summed E-state index contributed by atoms with van der Waals surface area (Å²) in [6.45, 7) is 0. The Balaban J connectivity index is 1.11. The van der Waals surface area contributed by atoms with Gasteiger partial charge in [-0.1, -0.05) is 109 Å². The Kier molecular flexibility index (Phi) is 6.20. The minimum atomic E-state index is 0.378. The second kappa shape index (κ2) is 10.9. The van der Waals surface area contributed by atoms with Gasteiger partial charge in [0.2, 0.25) is 0 Å². The molecule has 4 nitrogen and oxygen atoms in total. The van der Waals surface area contributed by atoms with E-state index in [2.05, 4.69) is 177 Å². The van der Waals surface area contributed by atoms with Gasteiger partial charge in [0, 0.05) is 32.9 Å². The Morgan fingerprint density at radius 3 is 1.18 bits per heavy atom. The Labute approximate surface area is 287 Å². The van der Waals surface area contributed by atoms with E-state index in [0.717, 1.165) is 44.7 Å². The van der Waals surface area contributed by atoms with E-state index in [1.54, 1.807) is 6.20 Å². The van der Waals surface area contributed by atoms with E-state index in [1.165, 1.54) is 43.6 Å². The molecule has 5 heteroatoms. The molecule has 0 saturated carbocycles. The van der Waals surface area contributed by atoms with Gasteiger partial charge in [0.15, 0.2) is 0 Å². The van der Waals surface area contributed by atoms with Crippen molar-refractivity contribution in [1.29, 1.82) is 0 Å². The maximum absolute atomic E-state index is 6.32. The quantitative estimate of drug-likeness (QED) is 0.191. The summed E-state index contributed by atoms with van der Waals surface area (Å²) in [5, 5.41) is 5.38. The van der Waals surface area contributed by atoms with Crippen LogP contribution in [-0.4, -0.2) is 19.1 Å². The van der Waals surface area contributed by atoms with Crippen LogP contribution in [0, 0.1) is 0 Å². The molecule has 3 aromatic heterocycles. The smallest absolute Gasteiger partial charge is 0.148 e. The van der Waals surface area contributed by atoms with Gasteiger partial charge in [-0.25, -0.2) is 4.98 Å². The summed E-state index contributed by atoms with van der Waals surface area (Å²) < 4.78 is 4.69. The molecule has 7 aromatic carbocycles. The van der Waals surface area contributed by atoms with Crippen LogP contribution in [0.3, 0.4) is 0 Å². The highest BCUT2D eigenvalue weighted by Crippen LogP contribution is 2.38. The number of halogens is 1. The van der Waals surface area contributed by atoms with Gasteiger partial charge < -0.3 is 9.13 Å². The summed E-state index contributed by atoms with van der Waals surface area (Å²) in [4.78, 5) is 9.26. The average Bonchev–Trinajstić information content (AvgIpc) is 3.68. The van der Waals surface area contributed by atoms with Gasteiger partial charge in [-0.2, -0.15) is 0 Å². The summed E-state index contributed by atoms with van der Waals surface area (Å²) in [7, 11) is 0. The van der Waals surface area contributed by atoms with Crippen LogP contribution < -0.4 is 0 Å². The first-order chi connectivity index (χ1) is 24.2. The molecule has 0 aliphatic carbocycles. The molecule has 0 unspecified atom stereocenters. The Morgan fingerprint density at radius 1 is 0.408 bits per heavy atom. The fourth-order valence-electron chi connectivity index (χ4n) is 7.50. The molecule has 10 rings (SSSR count). The van der Waals surface area contributed by atoms with Crippen molar-refractivity contribution in [2.24, 2.45) is 0 Å². The summed E-state index contributed by atoms with van der Waals surface area (Å²) in [5.41, 5.74) is 12.9. The molecule has 0 aliphatic rings. The van der Waals surface area contributed by atoms with Crippen molar-refractivity contribution in [3.63, 3.8) is 0 Å². The summed E-state index contributed by atoms with van der Waals surface area (Å²) in [5.74, 6) is 0. The van der Waals surface area contributed by atoms with Crippen LogP contribution in [0.25, 0.3) is 88.3 Å². The van der Waals surface area contributed by atoms with Gasteiger partial charge in [-0.3, -0.25) is 4.98 Å². The van der Waals surface area contributed by atoms with E-state index in [-0.39, 0.29) is 0 Å². The van der Waals surface area contributed by atoms with Crippen molar-refractivity contribution in [2.45, 2.75) is 0 Å². The highest BCUT2D eigenvalue weighted by molar-refractivity contribution is 6.29. The highest BCUT2D eigenvalue weighted by atomic mass is 35.5. The molecule has 0 aliphatic heterocycles. The van der Waals surface area contributed by atoms with E-state index in [0.29, 0.717) is 5.15 Å². The summed E-state index contributed by atoms with van der Waals surface area (Å²) >= 11 is 6.32. The zero-order valence-corrected chi connectivity index (χ0v) is 27.0. The summed E-state index contributed by atoms with van der Waals surface area (Å²) in [6.07, 6.45) is 1.61. The third-order valence-corrected chi connectivity index (χ3v) is 9.87. The van der Waals surface area contributed by atoms with Crippen LogP contribution in [0.2, 0.25) is 5.15 Å². The van der Waals surface area contributed by atoms with Crippen molar-refractivity contribution in [1.82, 2.24) is 19.1 Å². The van der Waals surface area contributed by atoms with Crippen LogP contribution in [-0.2, 0) is 0 Å².